The smallest absolute Gasteiger partial charge is 0.303 e. The Hall–Kier alpha value is -2.74. The molecule has 202 valence electrons. The fourth-order valence-corrected chi connectivity index (χ4v) is 5.54. The Morgan fingerprint density at radius 1 is 1.00 bits per heavy atom. The van der Waals surface area contributed by atoms with E-state index in [-0.39, 0.29) is 16.7 Å². The van der Waals surface area contributed by atoms with Crippen LogP contribution in [-0.4, -0.2) is 26.0 Å². The molecular formula is C31H36BrNO4S. The second-order valence-corrected chi connectivity index (χ2v) is 12.7. The predicted molar refractivity (Wildman–Crippen MR) is 158 cm³/mol. The number of carbonyl (C=O) groups is 1. The van der Waals surface area contributed by atoms with Crippen LogP contribution in [0.5, 0.6) is 0 Å². The number of aliphatic carboxylic acids is 1. The number of unbranched alkanes of at least 4 members (excludes halogenated alkanes) is 1. The summed E-state index contributed by atoms with van der Waals surface area (Å²) in [4.78, 5) is 11.2. The normalized spacial score (nSPS) is 12.5. The molecular weight excluding hydrogens is 562 g/mol. The molecule has 0 aliphatic heterocycles. The van der Waals surface area contributed by atoms with Crippen LogP contribution in [0.25, 0.3) is 5.57 Å². The Morgan fingerprint density at radius 3 is 2.29 bits per heavy atom. The van der Waals surface area contributed by atoms with Crippen LogP contribution in [0.4, 0.5) is 0 Å². The maximum absolute atomic E-state index is 12.8. The van der Waals surface area contributed by atoms with Crippen LogP contribution in [0.2, 0.25) is 0 Å². The first-order valence-corrected chi connectivity index (χ1v) is 15.2. The van der Waals surface area contributed by atoms with Gasteiger partial charge in [0.25, 0.3) is 0 Å². The molecule has 7 heteroatoms. The van der Waals surface area contributed by atoms with Crippen LogP contribution in [0.15, 0.2) is 88.2 Å². The van der Waals surface area contributed by atoms with E-state index < -0.39 is 16.0 Å². The van der Waals surface area contributed by atoms with Gasteiger partial charge >= 0.3 is 5.97 Å². The first-order chi connectivity index (χ1) is 18.0. The molecule has 0 saturated heterocycles. The average Bonchev–Trinajstić information content (AvgIpc) is 2.89. The van der Waals surface area contributed by atoms with Crippen molar-refractivity contribution in [1.82, 2.24) is 4.72 Å². The van der Waals surface area contributed by atoms with Crippen molar-refractivity contribution in [3.8, 4) is 0 Å². The van der Waals surface area contributed by atoms with Gasteiger partial charge in [0.05, 0.1) is 4.90 Å². The number of benzene rings is 3. The minimum absolute atomic E-state index is 0.00636. The molecule has 2 N–H and O–H groups in total. The molecule has 0 heterocycles. The van der Waals surface area contributed by atoms with Gasteiger partial charge in [-0.25, -0.2) is 13.1 Å². The number of halogens is 1. The maximum atomic E-state index is 12.8. The van der Waals surface area contributed by atoms with Crippen molar-refractivity contribution >= 4 is 37.5 Å². The van der Waals surface area contributed by atoms with Gasteiger partial charge in [0.1, 0.15) is 0 Å². The van der Waals surface area contributed by atoms with Gasteiger partial charge in [-0.05, 0) is 83.2 Å². The summed E-state index contributed by atoms with van der Waals surface area (Å²) in [6, 6.07) is 23.2. The van der Waals surface area contributed by atoms with E-state index in [1.54, 1.807) is 12.1 Å². The van der Waals surface area contributed by atoms with Gasteiger partial charge in [-0.2, -0.15) is 0 Å². The van der Waals surface area contributed by atoms with Gasteiger partial charge in [0.2, 0.25) is 10.0 Å². The molecule has 0 amide bonds. The number of rotatable bonds is 13. The monoisotopic (exact) mass is 597 g/mol. The third-order valence-corrected chi connectivity index (χ3v) is 8.85. The number of hydrogen-bond acceptors (Lipinski definition) is 3. The largest absolute Gasteiger partial charge is 0.481 e. The van der Waals surface area contributed by atoms with E-state index in [9.17, 15) is 13.2 Å². The van der Waals surface area contributed by atoms with Gasteiger partial charge in [0.15, 0.2) is 0 Å². The summed E-state index contributed by atoms with van der Waals surface area (Å²) in [6.45, 7) is 6.72. The van der Waals surface area contributed by atoms with Gasteiger partial charge in [-0.15, -0.1) is 0 Å². The van der Waals surface area contributed by atoms with E-state index in [0.29, 0.717) is 25.8 Å². The van der Waals surface area contributed by atoms with Crippen molar-refractivity contribution in [3.05, 3.63) is 106 Å². The van der Waals surface area contributed by atoms with Crippen molar-refractivity contribution in [2.24, 2.45) is 0 Å². The Kier molecular flexibility index (Phi) is 10.5. The third-order valence-electron chi connectivity index (χ3n) is 6.88. The zero-order chi connectivity index (χ0) is 27.8. The van der Waals surface area contributed by atoms with E-state index in [0.717, 1.165) is 38.7 Å². The lowest BCUT2D eigenvalue weighted by Crippen LogP contribution is -2.26. The summed E-state index contributed by atoms with van der Waals surface area (Å²) in [5, 5.41) is 8.95. The van der Waals surface area contributed by atoms with Crippen molar-refractivity contribution in [3.63, 3.8) is 0 Å². The van der Waals surface area contributed by atoms with Crippen molar-refractivity contribution in [2.45, 2.75) is 63.2 Å². The SMILES string of the molecule is CCC(C)(C)c1ccc(S(=O)(=O)NCCc2ccc(/C(=C/CCCC(=O)O)c3cccc(Br)c3)cc2)cc1. The summed E-state index contributed by atoms with van der Waals surface area (Å²) in [5.74, 6) is -0.792. The number of nitrogens with one attached hydrogen (secondary N) is 1. The highest BCUT2D eigenvalue weighted by atomic mass is 79.9. The van der Waals surface area contributed by atoms with Crippen LogP contribution >= 0.6 is 15.9 Å². The lowest BCUT2D eigenvalue weighted by molar-refractivity contribution is -0.137. The summed E-state index contributed by atoms with van der Waals surface area (Å²) in [5.41, 5.74) is 5.26. The molecule has 0 aromatic heterocycles. The summed E-state index contributed by atoms with van der Waals surface area (Å²) < 4.78 is 29.3. The lowest BCUT2D eigenvalue weighted by atomic mass is 9.82. The summed E-state index contributed by atoms with van der Waals surface area (Å²) >= 11 is 3.53. The molecule has 5 nitrogen and oxygen atoms in total. The molecule has 0 atom stereocenters. The average molecular weight is 599 g/mol. The number of carboxylic acid groups (broad SMARTS) is 1. The number of allylic oxidation sites excluding steroid dienone is 1. The van der Waals surface area contributed by atoms with Crippen LogP contribution in [0.1, 0.15) is 68.7 Å². The molecule has 3 aromatic rings. The molecule has 0 fully saturated rings. The highest BCUT2D eigenvalue weighted by Gasteiger charge is 2.20. The maximum Gasteiger partial charge on any atom is 0.303 e. The van der Waals surface area contributed by atoms with E-state index in [1.165, 1.54) is 0 Å². The Bertz CT molecular complexity index is 1360. The third kappa shape index (κ3) is 8.38. The minimum Gasteiger partial charge on any atom is -0.481 e. The Balaban J connectivity index is 1.66. The second-order valence-electron chi connectivity index (χ2n) is 10.0. The summed E-state index contributed by atoms with van der Waals surface area (Å²) in [7, 11) is -3.59. The fraction of sp³-hybridized carbons (Fsp3) is 0.323. The second kappa shape index (κ2) is 13.4. The highest BCUT2D eigenvalue weighted by molar-refractivity contribution is 9.10. The molecule has 0 spiro atoms. The molecule has 3 aromatic carbocycles. The van der Waals surface area contributed by atoms with Crippen molar-refractivity contribution in [2.75, 3.05) is 6.54 Å². The van der Waals surface area contributed by atoms with Gasteiger partial charge in [-0.3, -0.25) is 4.79 Å². The molecule has 3 rings (SSSR count). The van der Waals surface area contributed by atoms with E-state index in [2.05, 4.69) is 47.5 Å². The predicted octanol–water partition coefficient (Wildman–Crippen LogP) is 7.34. The number of sulfonamides is 1. The van der Waals surface area contributed by atoms with Crippen molar-refractivity contribution < 1.29 is 18.3 Å². The molecule has 38 heavy (non-hydrogen) atoms. The first kappa shape index (κ1) is 29.8. The Morgan fingerprint density at radius 2 is 1.68 bits per heavy atom. The Labute approximate surface area is 235 Å². The van der Waals surface area contributed by atoms with Gasteiger partial charge < -0.3 is 5.11 Å². The van der Waals surface area contributed by atoms with Crippen LogP contribution in [0, 0.1) is 0 Å². The van der Waals surface area contributed by atoms with Gasteiger partial charge in [-0.1, -0.05) is 91.3 Å². The molecule has 0 bridgehead atoms. The van der Waals surface area contributed by atoms with E-state index in [4.69, 9.17) is 5.11 Å². The molecule has 0 aliphatic rings. The quantitative estimate of drug-likeness (QED) is 0.202. The molecule has 0 unspecified atom stereocenters. The summed E-state index contributed by atoms with van der Waals surface area (Å²) in [6.07, 6.45) is 4.99. The van der Waals surface area contributed by atoms with Crippen LogP contribution in [0.3, 0.4) is 0 Å². The zero-order valence-electron chi connectivity index (χ0n) is 22.2. The van der Waals surface area contributed by atoms with E-state index in [1.807, 2.05) is 60.7 Å². The number of hydrogen-bond donors (Lipinski definition) is 2. The lowest BCUT2D eigenvalue weighted by Gasteiger charge is -2.23. The minimum atomic E-state index is -3.59. The topological polar surface area (TPSA) is 83.5 Å². The first-order valence-electron chi connectivity index (χ1n) is 12.9. The van der Waals surface area contributed by atoms with Gasteiger partial charge in [0, 0.05) is 17.4 Å². The fourth-order valence-electron chi connectivity index (χ4n) is 4.11. The van der Waals surface area contributed by atoms with Crippen molar-refractivity contribution in [1.29, 1.82) is 0 Å². The molecule has 0 aliphatic carbocycles. The zero-order valence-corrected chi connectivity index (χ0v) is 24.6. The van der Waals surface area contributed by atoms with Crippen LogP contribution < -0.4 is 4.72 Å². The van der Waals surface area contributed by atoms with Crippen LogP contribution in [-0.2, 0) is 26.7 Å². The number of carboxylic acids is 1. The molecule has 0 saturated carbocycles. The highest BCUT2D eigenvalue weighted by Crippen LogP contribution is 2.28. The standard InChI is InChI=1S/C31H36BrNO4S/c1-4-31(2,3)26-16-18-28(19-17-26)38(36,37)33-21-20-23-12-14-24(15-13-23)29(10-5-6-11-30(34)35)25-8-7-9-27(32)22-25/h7-10,12-19,22,33H,4-6,11,20-21H2,1-3H3,(H,34,35)/b29-10-. The molecule has 0 radical (unpaired) electrons. The van der Waals surface area contributed by atoms with E-state index >= 15 is 0 Å².